The second-order valence-electron chi connectivity index (χ2n) is 4.37. The van der Waals surface area contributed by atoms with Gasteiger partial charge >= 0.3 is 0 Å². The standard InChI is InChI=1S/C15H20N2O3/c1-18-9-10-19-7-4-8-20-15-12-5-2-3-6-14(12)17-11-13(15)16/h2-3,5-6,11H,4,7-10,16H2,1H3. The Morgan fingerprint density at radius 1 is 1.10 bits per heavy atom. The molecule has 0 aliphatic heterocycles. The number of nitrogens with two attached hydrogens (primary N) is 1. The van der Waals surface area contributed by atoms with Crippen LogP contribution in [0.2, 0.25) is 0 Å². The maximum atomic E-state index is 5.93. The molecule has 0 aliphatic carbocycles. The molecule has 1 heterocycles. The van der Waals surface area contributed by atoms with Gasteiger partial charge in [0.25, 0.3) is 0 Å². The number of ether oxygens (including phenoxy) is 3. The van der Waals surface area contributed by atoms with Gasteiger partial charge < -0.3 is 19.9 Å². The summed E-state index contributed by atoms with van der Waals surface area (Å²) in [6.07, 6.45) is 2.44. The fraction of sp³-hybridized carbons (Fsp3) is 0.400. The molecule has 5 heteroatoms. The second kappa shape index (κ2) is 7.67. The van der Waals surface area contributed by atoms with Crippen LogP contribution in [0.4, 0.5) is 5.69 Å². The van der Waals surface area contributed by atoms with E-state index in [-0.39, 0.29) is 0 Å². The van der Waals surface area contributed by atoms with Gasteiger partial charge in [-0.3, -0.25) is 4.98 Å². The van der Waals surface area contributed by atoms with Crippen molar-refractivity contribution in [1.82, 2.24) is 4.98 Å². The predicted molar refractivity (Wildman–Crippen MR) is 79.0 cm³/mol. The highest BCUT2D eigenvalue weighted by atomic mass is 16.5. The topological polar surface area (TPSA) is 66.6 Å². The van der Waals surface area contributed by atoms with E-state index < -0.39 is 0 Å². The summed E-state index contributed by atoms with van der Waals surface area (Å²) in [7, 11) is 1.66. The highest BCUT2D eigenvalue weighted by Crippen LogP contribution is 2.29. The van der Waals surface area contributed by atoms with Crippen LogP contribution in [0, 0.1) is 0 Å². The highest BCUT2D eigenvalue weighted by molar-refractivity contribution is 5.89. The van der Waals surface area contributed by atoms with Gasteiger partial charge in [-0.25, -0.2) is 0 Å². The third-order valence-electron chi connectivity index (χ3n) is 2.86. The van der Waals surface area contributed by atoms with Gasteiger partial charge in [0.2, 0.25) is 0 Å². The maximum absolute atomic E-state index is 5.93. The number of nitrogens with zero attached hydrogens (tertiary/aromatic N) is 1. The zero-order chi connectivity index (χ0) is 14.2. The van der Waals surface area contributed by atoms with E-state index in [0.29, 0.717) is 37.9 Å². The maximum Gasteiger partial charge on any atom is 0.153 e. The molecule has 0 bridgehead atoms. The van der Waals surface area contributed by atoms with E-state index in [1.807, 2.05) is 24.3 Å². The Balaban J connectivity index is 1.88. The number of benzene rings is 1. The number of aromatic nitrogens is 1. The van der Waals surface area contributed by atoms with E-state index in [9.17, 15) is 0 Å². The average Bonchev–Trinajstić information content (AvgIpc) is 2.48. The van der Waals surface area contributed by atoms with Crippen LogP contribution >= 0.6 is 0 Å². The number of methoxy groups -OCH3 is 1. The Bertz CT molecular complexity index is 546. The molecule has 20 heavy (non-hydrogen) atoms. The Morgan fingerprint density at radius 3 is 2.80 bits per heavy atom. The molecule has 2 rings (SSSR count). The lowest BCUT2D eigenvalue weighted by molar-refractivity contribution is 0.0645. The second-order valence-corrected chi connectivity index (χ2v) is 4.37. The van der Waals surface area contributed by atoms with Crippen molar-refractivity contribution in [3.63, 3.8) is 0 Å². The summed E-state index contributed by atoms with van der Waals surface area (Å²) in [5.41, 5.74) is 7.37. The van der Waals surface area contributed by atoms with Crippen LogP contribution in [-0.4, -0.2) is 38.5 Å². The van der Waals surface area contributed by atoms with Crippen molar-refractivity contribution in [2.45, 2.75) is 6.42 Å². The lowest BCUT2D eigenvalue weighted by Crippen LogP contribution is -2.07. The third kappa shape index (κ3) is 3.82. The molecule has 0 saturated heterocycles. The van der Waals surface area contributed by atoms with Crippen LogP contribution in [0.5, 0.6) is 5.75 Å². The van der Waals surface area contributed by atoms with Crippen LogP contribution in [0.15, 0.2) is 30.5 Å². The molecule has 108 valence electrons. The summed E-state index contributed by atoms with van der Waals surface area (Å²) in [5, 5.41) is 0.938. The molecule has 0 unspecified atom stereocenters. The molecule has 1 aromatic carbocycles. The van der Waals surface area contributed by atoms with Crippen LogP contribution in [-0.2, 0) is 9.47 Å². The van der Waals surface area contributed by atoms with E-state index in [1.54, 1.807) is 13.3 Å². The van der Waals surface area contributed by atoms with Crippen LogP contribution in [0.1, 0.15) is 6.42 Å². The summed E-state index contributed by atoms with van der Waals surface area (Å²) >= 11 is 0. The van der Waals surface area contributed by atoms with E-state index in [2.05, 4.69) is 4.98 Å². The van der Waals surface area contributed by atoms with Crippen molar-refractivity contribution in [3.05, 3.63) is 30.5 Å². The first-order chi connectivity index (χ1) is 9.83. The van der Waals surface area contributed by atoms with Crippen molar-refractivity contribution in [3.8, 4) is 5.75 Å². The fourth-order valence-corrected chi connectivity index (χ4v) is 1.87. The van der Waals surface area contributed by atoms with E-state index in [0.717, 1.165) is 17.3 Å². The van der Waals surface area contributed by atoms with Crippen LogP contribution in [0.25, 0.3) is 10.9 Å². The molecule has 0 saturated carbocycles. The van der Waals surface area contributed by atoms with Gasteiger partial charge in [0.1, 0.15) is 0 Å². The Labute approximate surface area is 118 Å². The number of nitrogen functional groups attached to an aromatic ring is 1. The summed E-state index contributed by atoms with van der Waals surface area (Å²) in [5.74, 6) is 0.701. The van der Waals surface area contributed by atoms with Crippen LogP contribution in [0.3, 0.4) is 0 Å². The lowest BCUT2D eigenvalue weighted by Gasteiger charge is -2.11. The molecule has 0 amide bonds. The lowest BCUT2D eigenvalue weighted by atomic mass is 10.2. The minimum absolute atomic E-state index is 0.559. The summed E-state index contributed by atoms with van der Waals surface area (Å²) in [6.45, 7) is 2.43. The van der Waals surface area contributed by atoms with Gasteiger partial charge in [0.15, 0.2) is 5.75 Å². The largest absolute Gasteiger partial charge is 0.491 e. The normalized spacial score (nSPS) is 10.8. The zero-order valence-electron chi connectivity index (χ0n) is 11.7. The van der Waals surface area contributed by atoms with E-state index >= 15 is 0 Å². The first kappa shape index (κ1) is 14.6. The minimum atomic E-state index is 0.559. The van der Waals surface area contributed by atoms with E-state index in [1.165, 1.54) is 0 Å². The molecule has 0 atom stereocenters. The molecule has 5 nitrogen and oxygen atoms in total. The van der Waals surface area contributed by atoms with Crippen molar-refractivity contribution in [2.75, 3.05) is 39.3 Å². The highest BCUT2D eigenvalue weighted by Gasteiger charge is 2.07. The number of hydrogen-bond acceptors (Lipinski definition) is 5. The molecule has 2 N–H and O–H groups in total. The molecule has 0 radical (unpaired) electrons. The number of para-hydroxylation sites is 1. The van der Waals surface area contributed by atoms with Gasteiger partial charge in [-0.1, -0.05) is 12.1 Å². The average molecular weight is 276 g/mol. The Hall–Kier alpha value is -1.85. The van der Waals surface area contributed by atoms with Crippen LogP contribution < -0.4 is 10.5 Å². The van der Waals surface area contributed by atoms with E-state index in [4.69, 9.17) is 19.9 Å². The zero-order valence-corrected chi connectivity index (χ0v) is 11.7. The first-order valence-electron chi connectivity index (χ1n) is 6.65. The smallest absolute Gasteiger partial charge is 0.153 e. The Morgan fingerprint density at radius 2 is 1.95 bits per heavy atom. The van der Waals surface area contributed by atoms with Gasteiger partial charge in [0, 0.05) is 25.5 Å². The summed E-state index contributed by atoms with van der Waals surface area (Å²) in [6, 6.07) is 7.79. The molecule has 0 spiro atoms. The number of rotatable bonds is 8. The first-order valence-corrected chi connectivity index (χ1v) is 6.65. The van der Waals surface area contributed by atoms with Crippen molar-refractivity contribution in [2.24, 2.45) is 0 Å². The number of anilines is 1. The number of hydrogen-bond donors (Lipinski definition) is 1. The summed E-state index contributed by atoms with van der Waals surface area (Å²) < 4.78 is 16.1. The fourth-order valence-electron chi connectivity index (χ4n) is 1.87. The number of pyridine rings is 1. The Kier molecular flexibility index (Phi) is 5.58. The number of fused-ring (bicyclic) bond motifs is 1. The quantitative estimate of drug-likeness (QED) is 0.749. The van der Waals surface area contributed by atoms with Crippen molar-refractivity contribution in [1.29, 1.82) is 0 Å². The molecule has 2 aromatic rings. The molecular formula is C15H20N2O3. The predicted octanol–water partition coefficient (Wildman–Crippen LogP) is 2.25. The van der Waals surface area contributed by atoms with Gasteiger partial charge in [-0.05, 0) is 12.1 Å². The SMILES string of the molecule is COCCOCCCOc1c(N)cnc2ccccc12. The molecule has 1 aromatic heterocycles. The van der Waals surface area contributed by atoms with Crippen molar-refractivity contribution >= 4 is 16.6 Å². The molecular weight excluding hydrogens is 256 g/mol. The van der Waals surface area contributed by atoms with Crippen molar-refractivity contribution < 1.29 is 14.2 Å². The molecule has 0 fully saturated rings. The monoisotopic (exact) mass is 276 g/mol. The minimum Gasteiger partial charge on any atom is -0.491 e. The van der Waals surface area contributed by atoms with Gasteiger partial charge in [-0.2, -0.15) is 0 Å². The van der Waals surface area contributed by atoms with Gasteiger partial charge in [0.05, 0.1) is 37.2 Å². The van der Waals surface area contributed by atoms with Gasteiger partial charge in [-0.15, -0.1) is 0 Å². The molecule has 0 aliphatic rings. The summed E-state index contributed by atoms with van der Waals surface area (Å²) in [4.78, 5) is 4.28. The third-order valence-corrected chi connectivity index (χ3v) is 2.86.